The van der Waals surface area contributed by atoms with E-state index in [1.54, 1.807) is 0 Å². The SMILES string of the molecule is [B]CCCCCCOS(C)(C)OC(CCCCCCC/C=C\C/C=C\CCCCC)OC/C=C(\C)CC/C=C(\C)CCC=C(C)C. The first-order chi connectivity index (χ1) is 22.2. The largest absolute Gasteiger partial charge is 0.346 e. The lowest BCUT2D eigenvalue weighted by atomic mass is 9.99. The fourth-order valence-electron chi connectivity index (χ4n) is 5.06. The topological polar surface area (TPSA) is 27.7 Å². The normalized spacial score (nSPS) is 14.1. The highest BCUT2D eigenvalue weighted by Gasteiger charge is 2.18. The molecule has 0 heterocycles. The molecule has 0 aromatic heterocycles. The molecule has 0 aliphatic rings. The van der Waals surface area contributed by atoms with E-state index in [0.29, 0.717) is 6.61 Å². The van der Waals surface area contributed by atoms with E-state index in [0.717, 1.165) is 77.1 Å². The summed E-state index contributed by atoms with van der Waals surface area (Å²) < 4.78 is 19.0. The molecule has 46 heavy (non-hydrogen) atoms. The molecular weight excluding hydrogens is 583 g/mol. The molecule has 2 radical (unpaired) electrons. The summed E-state index contributed by atoms with van der Waals surface area (Å²) in [5, 5.41) is 0. The zero-order valence-electron chi connectivity index (χ0n) is 31.6. The number of hydrogen-bond donors (Lipinski definition) is 0. The maximum atomic E-state index is 6.49. The highest BCUT2D eigenvalue weighted by atomic mass is 32.3. The van der Waals surface area contributed by atoms with E-state index in [4.69, 9.17) is 20.9 Å². The van der Waals surface area contributed by atoms with Crippen LogP contribution in [0.25, 0.3) is 0 Å². The quantitative estimate of drug-likeness (QED) is 0.0312. The molecule has 0 fully saturated rings. The van der Waals surface area contributed by atoms with Crippen LogP contribution < -0.4 is 0 Å². The van der Waals surface area contributed by atoms with Gasteiger partial charge in [0.15, 0.2) is 6.29 Å². The van der Waals surface area contributed by atoms with Gasteiger partial charge in [-0.25, -0.2) is 0 Å². The predicted molar refractivity (Wildman–Crippen MR) is 210 cm³/mol. The van der Waals surface area contributed by atoms with Gasteiger partial charge >= 0.3 is 0 Å². The van der Waals surface area contributed by atoms with Crippen LogP contribution in [-0.4, -0.2) is 39.9 Å². The van der Waals surface area contributed by atoms with Crippen LogP contribution in [0.15, 0.2) is 59.3 Å². The van der Waals surface area contributed by atoms with Crippen LogP contribution in [-0.2, 0) is 13.1 Å². The molecule has 0 rings (SSSR count). The third kappa shape index (κ3) is 32.9. The lowest BCUT2D eigenvalue weighted by Crippen LogP contribution is -2.21. The summed E-state index contributed by atoms with van der Waals surface area (Å²) >= 11 is 0. The van der Waals surface area contributed by atoms with Crippen molar-refractivity contribution < 1.29 is 13.1 Å². The van der Waals surface area contributed by atoms with Gasteiger partial charge in [-0.15, -0.1) is 0 Å². The molecule has 0 aromatic carbocycles. The number of ether oxygens (including phenoxy) is 1. The van der Waals surface area contributed by atoms with Gasteiger partial charge in [-0.2, -0.15) is 10.6 Å². The van der Waals surface area contributed by atoms with Crippen LogP contribution in [0.3, 0.4) is 0 Å². The predicted octanol–water partition coefficient (Wildman–Crippen LogP) is 13.6. The second-order valence-electron chi connectivity index (χ2n) is 13.5. The molecule has 3 nitrogen and oxygen atoms in total. The van der Waals surface area contributed by atoms with Gasteiger partial charge in [-0.05, 0) is 98.3 Å². The van der Waals surface area contributed by atoms with Crippen molar-refractivity contribution in [2.75, 3.05) is 25.7 Å². The van der Waals surface area contributed by atoms with Gasteiger partial charge < -0.3 is 4.74 Å². The highest BCUT2D eigenvalue weighted by molar-refractivity contribution is 8.24. The van der Waals surface area contributed by atoms with Crippen LogP contribution >= 0.6 is 10.6 Å². The number of hydrogen-bond acceptors (Lipinski definition) is 3. The van der Waals surface area contributed by atoms with Crippen molar-refractivity contribution in [3.63, 3.8) is 0 Å². The molecule has 0 amide bonds. The van der Waals surface area contributed by atoms with Gasteiger partial charge in [0, 0.05) is 18.9 Å². The van der Waals surface area contributed by atoms with E-state index < -0.39 is 10.6 Å². The van der Waals surface area contributed by atoms with Crippen LogP contribution in [0.4, 0.5) is 0 Å². The Morgan fingerprint density at radius 2 is 1.24 bits per heavy atom. The Morgan fingerprint density at radius 1 is 0.652 bits per heavy atom. The Hall–Kier alpha value is -1.01. The Bertz CT molecular complexity index is 839. The Kier molecular flexibility index (Phi) is 31.8. The minimum absolute atomic E-state index is 0.221. The lowest BCUT2D eigenvalue weighted by molar-refractivity contribution is -0.0727. The summed E-state index contributed by atoms with van der Waals surface area (Å²) in [4.78, 5) is 0. The summed E-state index contributed by atoms with van der Waals surface area (Å²) in [6, 6.07) is 0. The van der Waals surface area contributed by atoms with Crippen molar-refractivity contribution in [3.8, 4) is 0 Å². The molecule has 0 N–H and O–H groups in total. The number of allylic oxidation sites excluding steroid dienone is 9. The molecule has 0 saturated heterocycles. The van der Waals surface area contributed by atoms with Crippen molar-refractivity contribution in [1.29, 1.82) is 0 Å². The molecule has 266 valence electrons. The first-order valence-corrected chi connectivity index (χ1v) is 21.1. The molecule has 0 aliphatic carbocycles. The second-order valence-corrected chi connectivity index (χ2v) is 16.2. The summed E-state index contributed by atoms with van der Waals surface area (Å²) in [5.74, 6) is 0. The van der Waals surface area contributed by atoms with Crippen molar-refractivity contribution in [2.24, 2.45) is 0 Å². The first-order valence-electron chi connectivity index (χ1n) is 18.8. The molecule has 0 aromatic rings. The third-order valence-electron chi connectivity index (χ3n) is 8.03. The van der Waals surface area contributed by atoms with E-state index in [1.165, 1.54) is 80.9 Å². The summed E-state index contributed by atoms with van der Waals surface area (Å²) in [7, 11) is 4.00. The van der Waals surface area contributed by atoms with Gasteiger partial charge in [0.2, 0.25) is 0 Å². The number of rotatable bonds is 32. The summed E-state index contributed by atoms with van der Waals surface area (Å²) in [6.45, 7) is 12.4. The third-order valence-corrected chi connectivity index (χ3v) is 9.44. The monoisotopic (exact) mass is 659 g/mol. The fraction of sp³-hybridized carbons (Fsp3) is 0.756. The highest BCUT2D eigenvalue weighted by Crippen LogP contribution is 2.44. The minimum atomic E-state index is -1.63. The zero-order chi connectivity index (χ0) is 34.1. The van der Waals surface area contributed by atoms with E-state index >= 15 is 0 Å². The smallest absolute Gasteiger partial charge is 0.180 e. The van der Waals surface area contributed by atoms with E-state index in [-0.39, 0.29) is 6.29 Å². The van der Waals surface area contributed by atoms with Crippen molar-refractivity contribution in [2.45, 2.75) is 176 Å². The van der Waals surface area contributed by atoms with Crippen LogP contribution in [0, 0.1) is 0 Å². The van der Waals surface area contributed by atoms with E-state index in [1.807, 2.05) is 0 Å². The average molecular weight is 659 g/mol. The van der Waals surface area contributed by atoms with Gasteiger partial charge in [-0.1, -0.05) is 124 Å². The van der Waals surface area contributed by atoms with Crippen LogP contribution in [0.1, 0.15) is 163 Å². The average Bonchev–Trinajstić information content (AvgIpc) is 3.00. The summed E-state index contributed by atoms with van der Waals surface area (Å²) in [5.41, 5.74) is 4.26. The standard InChI is InChI=1S/C41H75BO3S/c1-8-9-10-11-12-13-14-15-16-17-18-19-20-21-24-33-41(45-46(6,7)44-36-26-23-22-25-35-42)43-37-34-40(5)32-28-31-39(4)30-27-29-38(2)3/h12-13,15-16,29,31,34,41H,8-11,14,17-28,30,32-33,35-37H2,1-7H3/b13-12-,16-15-,39-31+,40-34+. The molecule has 0 bridgehead atoms. The van der Waals surface area contributed by atoms with Gasteiger partial charge in [0.25, 0.3) is 0 Å². The van der Waals surface area contributed by atoms with Crippen molar-refractivity contribution >= 4 is 18.4 Å². The zero-order valence-corrected chi connectivity index (χ0v) is 32.4. The maximum absolute atomic E-state index is 6.49. The van der Waals surface area contributed by atoms with Gasteiger partial charge in [0.05, 0.1) is 21.1 Å². The van der Waals surface area contributed by atoms with Crippen molar-refractivity contribution in [1.82, 2.24) is 0 Å². The molecular formula is C41H75BO3S. The number of unbranched alkanes of at least 4 members (excludes halogenated alkanes) is 11. The van der Waals surface area contributed by atoms with Gasteiger partial charge in [-0.3, -0.25) is 8.37 Å². The first kappa shape index (κ1) is 45.0. The van der Waals surface area contributed by atoms with Crippen LogP contribution in [0.5, 0.6) is 0 Å². The Labute approximate surface area is 291 Å². The van der Waals surface area contributed by atoms with Crippen molar-refractivity contribution in [3.05, 3.63) is 59.3 Å². The summed E-state index contributed by atoms with van der Waals surface area (Å²) in [6.07, 6.45) is 44.5. The van der Waals surface area contributed by atoms with Gasteiger partial charge in [0.1, 0.15) is 0 Å². The lowest BCUT2D eigenvalue weighted by Gasteiger charge is -2.38. The minimum Gasteiger partial charge on any atom is -0.346 e. The Morgan fingerprint density at radius 3 is 1.91 bits per heavy atom. The Balaban J connectivity index is 4.57. The molecule has 1 atom stereocenters. The maximum Gasteiger partial charge on any atom is 0.180 e. The molecule has 1 unspecified atom stereocenters. The molecule has 5 heteroatoms. The second kappa shape index (κ2) is 32.5. The molecule has 0 aliphatic heterocycles. The molecule has 0 saturated carbocycles. The van der Waals surface area contributed by atoms with E-state index in [2.05, 4.69) is 89.7 Å². The van der Waals surface area contributed by atoms with E-state index in [9.17, 15) is 0 Å². The molecule has 0 spiro atoms. The van der Waals surface area contributed by atoms with Crippen LogP contribution in [0.2, 0.25) is 6.32 Å². The fourth-order valence-corrected chi connectivity index (χ4v) is 6.31.